The largest absolute Gasteiger partial charge is 0.489 e. The standard InChI is InChI=1S/C11H9NO3/c12-6-8-2-1-7(11(13)14)5-10(8)15-9-3-4-9/h1-2,5,9H,3-4H2,(H,13,14). The lowest BCUT2D eigenvalue weighted by Crippen LogP contribution is -2.02. The summed E-state index contributed by atoms with van der Waals surface area (Å²) in [6, 6.07) is 6.26. The van der Waals surface area contributed by atoms with Crippen LogP contribution in [0.3, 0.4) is 0 Å². The van der Waals surface area contributed by atoms with Gasteiger partial charge < -0.3 is 9.84 Å². The molecule has 0 amide bonds. The molecule has 15 heavy (non-hydrogen) atoms. The Labute approximate surface area is 86.7 Å². The van der Waals surface area contributed by atoms with Crippen molar-refractivity contribution in [2.24, 2.45) is 0 Å². The molecule has 1 aliphatic rings. The van der Waals surface area contributed by atoms with Crippen LogP contribution in [0, 0.1) is 11.3 Å². The number of carbonyl (C=O) groups is 1. The number of carboxylic acids is 1. The molecule has 0 spiro atoms. The molecule has 4 nitrogen and oxygen atoms in total. The zero-order valence-electron chi connectivity index (χ0n) is 7.93. The van der Waals surface area contributed by atoms with Crippen molar-refractivity contribution in [1.29, 1.82) is 5.26 Å². The van der Waals surface area contributed by atoms with Gasteiger partial charge in [0.2, 0.25) is 0 Å². The third-order valence-electron chi connectivity index (χ3n) is 2.17. The fourth-order valence-electron chi connectivity index (χ4n) is 1.21. The molecule has 4 heteroatoms. The van der Waals surface area contributed by atoms with Crippen LogP contribution >= 0.6 is 0 Å². The number of nitrogens with zero attached hydrogens (tertiary/aromatic N) is 1. The highest BCUT2D eigenvalue weighted by atomic mass is 16.5. The maximum Gasteiger partial charge on any atom is 0.335 e. The molecule has 1 N–H and O–H groups in total. The van der Waals surface area contributed by atoms with Gasteiger partial charge in [0.15, 0.2) is 0 Å². The monoisotopic (exact) mass is 203 g/mol. The molecule has 1 aliphatic carbocycles. The Morgan fingerprint density at radius 2 is 2.27 bits per heavy atom. The van der Waals surface area contributed by atoms with Gasteiger partial charge in [0.25, 0.3) is 0 Å². The van der Waals surface area contributed by atoms with Crippen molar-refractivity contribution in [1.82, 2.24) is 0 Å². The van der Waals surface area contributed by atoms with Crippen molar-refractivity contribution in [2.75, 3.05) is 0 Å². The Morgan fingerprint density at radius 3 is 2.80 bits per heavy atom. The predicted molar refractivity (Wildman–Crippen MR) is 51.8 cm³/mol. The lowest BCUT2D eigenvalue weighted by Gasteiger charge is -2.06. The summed E-state index contributed by atoms with van der Waals surface area (Å²) in [5, 5.41) is 17.6. The van der Waals surface area contributed by atoms with Gasteiger partial charge in [0, 0.05) is 0 Å². The number of rotatable bonds is 3. The number of hydrogen-bond donors (Lipinski definition) is 1. The minimum absolute atomic E-state index is 0.143. The van der Waals surface area contributed by atoms with E-state index in [-0.39, 0.29) is 11.7 Å². The minimum Gasteiger partial charge on any atom is -0.489 e. The molecule has 0 saturated heterocycles. The Morgan fingerprint density at radius 1 is 1.53 bits per heavy atom. The van der Waals surface area contributed by atoms with E-state index in [0.717, 1.165) is 12.8 Å². The van der Waals surface area contributed by atoms with Crippen LogP contribution in [0.25, 0.3) is 0 Å². The molecule has 1 saturated carbocycles. The van der Waals surface area contributed by atoms with Crippen LogP contribution in [0.15, 0.2) is 18.2 Å². The normalized spacial score (nSPS) is 14.3. The molecule has 0 bridgehead atoms. The van der Waals surface area contributed by atoms with Crippen molar-refractivity contribution < 1.29 is 14.6 Å². The smallest absolute Gasteiger partial charge is 0.335 e. The molecule has 1 aromatic rings. The average molecular weight is 203 g/mol. The van der Waals surface area contributed by atoms with Crippen LogP contribution < -0.4 is 4.74 Å². The Balaban J connectivity index is 2.33. The number of benzene rings is 1. The molecule has 1 fully saturated rings. The Bertz CT molecular complexity index is 444. The van der Waals surface area contributed by atoms with E-state index in [4.69, 9.17) is 15.1 Å². The highest BCUT2D eigenvalue weighted by molar-refractivity contribution is 5.88. The van der Waals surface area contributed by atoms with Crippen LogP contribution in [0.4, 0.5) is 0 Å². The molecular formula is C11H9NO3. The van der Waals surface area contributed by atoms with Gasteiger partial charge in [-0.3, -0.25) is 0 Å². The summed E-state index contributed by atoms with van der Waals surface area (Å²) < 4.78 is 5.45. The molecule has 0 radical (unpaired) electrons. The molecule has 0 atom stereocenters. The Kier molecular flexibility index (Phi) is 2.30. The first-order valence-corrected chi connectivity index (χ1v) is 4.65. The van der Waals surface area contributed by atoms with Crippen molar-refractivity contribution in [3.05, 3.63) is 29.3 Å². The van der Waals surface area contributed by atoms with Gasteiger partial charge in [0.05, 0.1) is 17.2 Å². The van der Waals surface area contributed by atoms with E-state index in [1.54, 1.807) is 0 Å². The molecule has 0 aromatic heterocycles. The highest BCUT2D eigenvalue weighted by Crippen LogP contribution is 2.29. The number of ether oxygens (including phenoxy) is 1. The van der Waals surface area contributed by atoms with Gasteiger partial charge >= 0.3 is 5.97 Å². The molecule has 1 aromatic carbocycles. The van der Waals surface area contributed by atoms with Crippen LogP contribution in [0.5, 0.6) is 5.75 Å². The van der Waals surface area contributed by atoms with E-state index in [1.807, 2.05) is 6.07 Å². The second kappa shape index (κ2) is 3.62. The van der Waals surface area contributed by atoms with Crippen LogP contribution in [-0.2, 0) is 0 Å². The summed E-state index contributed by atoms with van der Waals surface area (Å²) in [6.45, 7) is 0. The molecule has 0 heterocycles. The second-order valence-electron chi connectivity index (χ2n) is 3.45. The molecule has 2 rings (SSSR count). The maximum absolute atomic E-state index is 10.7. The third-order valence-corrected chi connectivity index (χ3v) is 2.17. The van der Waals surface area contributed by atoms with E-state index in [9.17, 15) is 4.79 Å². The van der Waals surface area contributed by atoms with E-state index in [0.29, 0.717) is 11.3 Å². The summed E-state index contributed by atoms with van der Waals surface area (Å²) in [5.74, 6) is -0.639. The third kappa shape index (κ3) is 2.08. The predicted octanol–water partition coefficient (Wildman–Crippen LogP) is 1.80. The average Bonchev–Trinajstić information content (AvgIpc) is 3.01. The van der Waals surface area contributed by atoms with Gasteiger partial charge in [-0.05, 0) is 31.0 Å². The fraction of sp³-hybridized carbons (Fsp3) is 0.273. The van der Waals surface area contributed by atoms with Crippen molar-refractivity contribution in [3.63, 3.8) is 0 Å². The minimum atomic E-state index is -1.01. The first-order valence-electron chi connectivity index (χ1n) is 4.65. The Hall–Kier alpha value is -2.02. The van der Waals surface area contributed by atoms with Crippen LogP contribution in [0.2, 0.25) is 0 Å². The van der Waals surface area contributed by atoms with Crippen LogP contribution in [0.1, 0.15) is 28.8 Å². The van der Waals surface area contributed by atoms with Gasteiger partial charge in [0.1, 0.15) is 11.8 Å². The molecule has 0 unspecified atom stereocenters. The SMILES string of the molecule is N#Cc1ccc(C(=O)O)cc1OC1CC1. The fourth-order valence-corrected chi connectivity index (χ4v) is 1.21. The first kappa shape index (κ1) is 9.53. The maximum atomic E-state index is 10.7. The summed E-state index contributed by atoms with van der Waals surface area (Å²) in [7, 11) is 0. The number of nitriles is 1. The van der Waals surface area contributed by atoms with E-state index < -0.39 is 5.97 Å². The molecule has 0 aliphatic heterocycles. The van der Waals surface area contributed by atoms with Gasteiger partial charge in [-0.15, -0.1) is 0 Å². The van der Waals surface area contributed by atoms with Crippen molar-refractivity contribution in [3.8, 4) is 11.8 Å². The van der Waals surface area contributed by atoms with Gasteiger partial charge in [-0.2, -0.15) is 5.26 Å². The van der Waals surface area contributed by atoms with Gasteiger partial charge in [-0.1, -0.05) is 0 Å². The van der Waals surface area contributed by atoms with E-state index in [1.165, 1.54) is 18.2 Å². The summed E-state index contributed by atoms with van der Waals surface area (Å²) in [6.07, 6.45) is 2.10. The van der Waals surface area contributed by atoms with Crippen LogP contribution in [-0.4, -0.2) is 17.2 Å². The number of hydrogen-bond acceptors (Lipinski definition) is 3. The molecule has 76 valence electrons. The summed E-state index contributed by atoms with van der Waals surface area (Å²) in [5.41, 5.74) is 0.525. The number of carboxylic acid groups (broad SMARTS) is 1. The topological polar surface area (TPSA) is 70.3 Å². The first-order chi connectivity index (χ1) is 7.20. The molecular weight excluding hydrogens is 194 g/mol. The highest BCUT2D eigenvalue weighted by Gasteiger charge is 2.25. The lowest BCUT2D eigenvalue weighted by molar-refractivity contribution is 0.0696. The zero-order chi connectivity index (χ0) is 10.8. The quantitative estimate of drug-likeness (QED) is 0.813. The van der Waals surface area contributed by atoms with Crippen molar-refractivity contribution in [2.45, 2.75) is 18.9 Å². The van der Waals surface area contributed by atoms with Gasteiger partial charge in [-0.25, -0.2) is 4.79 Å². The van der Waals surface area contributed by atoms with E-state index >= 15 is 0 Å². The second-order valence-corrected chi connectivity index (χ2v) is 3.45. The van der Waals surface area contributed by atoms with Crippen molar-refractivity contribution >= 4 is 5.97 Å². The summed E-state index contributed by atoms with van der Waals surface area (Å²) in [4.78, 5) is 10.7. The zero-order valence-corrected chi connectivity index (χ0v) is 7.93. The van der Waals surface area contributed by atoms with E-state index in [2.05, 4.69) is 0 Å². The number of aromatic carboxylic acids is 1. The lowest BCUT2D eigenvalue weighted by atomic mass is 10.1. The summed E-state index contributed by atoms with van der Waals surface area (Å²) >= 11 is 0.